The van der Waals surface area contributed by atoms with Gasteiger partial charge in [-0.25, -0.2) is 9.48 Å². The van der Waals surface area contributed by atoms with E-state index in [0.717, 1.165) is 6.04 Å². The van der Waals surface area contributed by atoms with Gasteiger partial charge in [-0.1, -0.05) is 19.6 Å². The molecule has 6 nitrogen and oxygen atoms in total. The van der Waals surface area contributed by atoms with Gasteiger partial charge in [0.05, 0.1) is 34.2 Å². The number of fused-ring (bicyclic) bond motifs is 1. The molecule has 0 bridgehead atoms. The van der Waals surface area contributed by atoms with E-state index in [-0.39, 0.29) is 12.3 Å². The molecule has 0 radical (unpaired) electrons. The number of carboxylic acids is 1. The maximum Gasteiger partial charge on any atom is 0.337 e. The monoisotopic (exact) mass is 400 g/mol. The van der Waals surface area contributed by atoms with Gasteiger partial charge in [0.1, 0.15) is 12.5 Å². The third kappa shape index (κ3) is 4.13. The highest BCUT2D eigenvalue weighted by Gasteiger charge is 2.20. The van der Waals surface area contributed by atoms with Crippen LogP contribution >= 0.6 is 15.9 Å². The number of aromatic carboxylic acids is 1. The number of benzene rings is 1. The van der Waals surface area contributed by atoms with Crippen LogP contribution in [0.15, 0.2) is 16.7 Å². The summed E-state index contributed by atoms with van der Waals surface area (Å²) in [6, 6.07) is 2.58. The van der Waals surface area contributed by atoms with E-state index >= 15 is 0 Å². The summed E-state index contributed by atoms with van der Waals surface area (Å²) >= 11 is 3.34. The van der Waals surface area contributed by atoms with E-state index in [0.29, 0.717) is 27.7 Å². The molecule has 0 aliphatic rings. The minimum absolute atomic E-state index is 0.166. The van der Waals surface area contributed by atoms with Gasteiger partial charge >= 0.3 is 5.97 Å². The van der Waals surface area contributed by atoms with E-state index in [1.165, 1.54) is 6.07 Å². The molecule has 23 heavy (non-hydrogen) atoms. The first kappa shape index (κ1) is 18.0. The van der Waals surface area contributed by atoms with Crippen molar-refractivity contribution < 1.29 is 19.4 Å². The molecule has 0 amide bonds. The smallest absolute Gasteiger partial charge is 0.337 e. The molecule has 2 aromatic rings. The molecular formula is C15H21BrN2O4Si. The summed E-state index contributed by atoms with van der Waals surface area (Å²) in [5.41, 5.74) is 0.671. The van der Waals surface area contributed by atoms with Crippen molar-refractivity contribution in [2.24, 2.45) is 0 Å². The van der Waals surface area contributed by atoms with E-state index in [2.05, 4.69) is 40.7 Å². The van der Waals surface area contributed by atoms with Crippen LogP contribution in [0.2, 0.25) is 25.7 Å². The standard InChI is InChI=1S/C15H21BrN2O4Si/c1-21-14-11-8-17-18(9-22-5-6-23(2,3)4)13(11)10(15(19)20)7-12(14)16/h7-8H,5-6,9H2,1-4H3,(H,19,20). The largest absolute Gasteiger partial charge is 0.495 e. The van der Waals surface area contributed by atoms with Crippen molar-refractivity contribution in [2.45, 2.75) is 32.4 Å². The molecule has 1 heterocycles. The Bertz CT molecular complexity index is 724. The van der Waals surface area contributed by atoms with Crippen molar-refractivity contribution in [3.63, 3.8) is 0 Å². The minimum atomic E-state index is -1.16. The zero-order chi connectivity index (χ0) is 17.2. The molecule has 2 rings (SSSR count). The van der Waals surface area contributed by atoms with Crippen molar-refractivity contribution in [3.05, 3.63) is 22.3 Å². The number of methoxy groups -OCH3 is 1. The number of carboxylic acid groups (broad SMARTS) is 1. The zero-order valence-electron chi connectivity index (χ0n) is 13.7. The second-order valence-electron chi connectivity index (χ2n) is 6.50. The summed E-state index contributed by atoms with van der Waals surface area (Å²) in [6.07, 6.45) is 1.60. The van der Waals surface area contributed by atoms with Crippen LogP contribution in [0.5, 0.6) is 5.75 Å². The van der Waals surface area contributed by atoms with E-state index in [4.69, 9.17) is 9.47 Å². The summed E-state index contributed by atoms with van der Waals surface area (Å²) in [4.78, 5) is 11.5. The number of ether oxygens (including phenoxy) is 2. The Hall–Kier alpha value is -1.38. The van der Waals surface area contributed by atoms with Crippen LogP contribution in [0.25, 0.3) is 10.9 Å². The van der Waals surface area contributed by atoms with Gasteiger partial charge in [0.25, 0.3) is 0 Å². The Morgan fingerprint density at radius 2 is 2.13 bits per heavy atom. The highest BCUT2D eigenvalue weighted by atomic mass is 79.9. The summed E-state index contributed by atoms with van der Waals surface area (Å²) in [5.74, 6) is -0.444. The molecule has 0 aliphatic heterocycles. The average Bonchev–Trinajstić information content (AvgIpc) is 2.85. The van der Waals surface area contributed by atoms with Crippen LogP contribution < -0.4 is 4.74 Å². The molecule has 8 heteroatoms. The SMILES string of the molecule is COc1c(Br)cc(C(=O)O)c2c1cnn2COCC[Si](C)(C)C. The molecule has 1 N–H and O–H groups in total. The van der Waals surface area contributed by atoms with E-state index in [9.17, 15) is 9.90 Å². The third-order valence-corrected chi connectivity index (χ3v) is 5.76. The predicted octanol–water partition coefficient (Wildman–Crippen LogP) is 3.82. The highest BCUT2D eigenvalue weighted by Crippen LogP contribution is 2.36. The Kier molecular flexibility index (Phi) is 5.48. The Balaban J connectivity index is 2.32. The third-order valence-electron chi connectivity index (χ3n) is 3.47. The quantitative estimate of drug-likeness (QED) is 0.564. The van der Waals surface area contributed by atoms with Gasteiger partial charge in [0, 0.05) is 14.7 Å². The fraction of sp³-hybridized carbons (Fsp3) is 0.467. The average molecular weight is 401 g/mol. The molecule has 0 unspecified atom stereocenters. The molecule has 0 aliphatic carbocycles. The first-order chi connectivity index (χ1) is 10.7. The van der Waals surface area contributed by atoms with Crippen LogP contribution in [-0.4, -0.2) is 42.6 Å². The fourth-order valence-electron chi connectivity index (χ4n) is 2.22. The summed E-state index contributed by atoms with van der Waals surface area (Å²) < 4.78 is 13.2. The highest BCUT2D eigenvalue weighted by molar-refractivity contribution is 9.10. The summed E-state index contributed by atoms with van der Waals surface area (Å²) in [7, 11) is 0.385. The topological polar surface area (TPSA) is 73.6 Å². The molecule has 0 atom stereocenters. The number of carbonyl (C=O) groups is 1. The van der Waals surface area contributed by atoms with Crippen molar-refractivity contribution in [2.75, 3.05) is 13.7 Å². The predicted molar refractivity (Wildman–Crippen MR) is 95.0 cm³/mol. The van der Waals surface area contributed by atoms with Crippen LogP contribution in [0, 0.1) is 0 Å². The second-order valence-corrected chi connectivity index (χ2v) is 13.0. The Labute approximate surface area is 144 Å². The van der Waals surface area contributed by atoms with Crippen LogP contribution in [0.1, 0.15) is 10.4 Å². The minimum Gasteiger partial charge on any atom is -0.495 e. The molecule has 126 valence electrons. The molecular weight excluding hydrogens is 380 g/mol. The maximum absolute atomic E-state index is 11.5. The number of hydrogen-bond donors (Lipinski definition) is 1. The number of rotatable bonds is 7. The summed E-state index contributed by atoms with van der Waals surface area (Å²) in [6.45, 7) is 7.71. The first-order valence-corrected chi connectivity index (χ1v) is 11.8. The lowest BCUT2D eigenvalue weighted by Crippen LogP contribution is -2.22. The second kappa shape index (κ2) is 7.02. The number of halogens is 1. The van der Waals surface area contributed by atoms with Crippen molar-refractivity contribution >= 4 is 40.9 Å². The van der Waals surface area contributed by atoms with Gasteiger partial charge < -0.3 is 14.6 Å². The van der Waals surface area contributed by atoms with E-state index in [1.54, 1.807) is 18.0 Å². The van der Waals surface area contributed by atoms with Gasteiger partial charge in [0.15, 0.2) is 0 Å². The first-order valence-electron chi connectivity index (χ1n) is 7.27. The zero-order valence-corrected chi connectivity index (χ0v) is 16.3. The lowest BCUT2D eigenvalue weighted by atomic mass is 10.1. The van der Waals surface area contributed by atoms with E-state index < -0.39 is 14.0 Å². The molecule has 0 fully saturated rings. The van der Waals surface area contributed by atoms with Crippen LogP contribution in [0.3, 0.4) is 0 Å². The van der Waals surface area contributed by atoms with Crippen LogP contribution in [0.4, 0.5) is 0 Å². The lowest BCUT2D eigenvalue weighted by molar-refractivity contribution is 0.0693. The molecule has 0 saturated heterocycles. The van der Waals surface area contributed by atoms with Gasteiger partial charge in [-0.3, -0.25) is 0 Å². The Morgan fingerprint density at radius 3 is 2.70 bits per heavy atom. The number of nitrogens with zero attached hydrogens (tertiary/aromatic N) is 2. The number of aromatic nitrogens is 2. The van der Waals surface area contributed by atoms with Gasteiger partial charge in [-0.15, -0.1) is 0 Å². The molecule has 0 spiro atoms. The van der Waals surface area contributed by atoms with Crippen molar-refractivity contribution in [3.8, 4) is 5.75 Å². The van der Waals surface area contributed by atoms with Crippen LogP contribution in [-0.2, 0) is 11.5 Å². The number of hydrogen-bond acceptors (Lipinski definition) is 4. The van der Waals surface area contributed by atoms with Gasteiger partial charge in [0.2, 0.25) is 0 Å². The molecule has 0 saturated carbocycles. The van der Waals surface area contributed by atoms with Gasteiger partial charge in [-0.2, -0.15) is 5.10 Å². The van der Waals surface area contributed by atoms with Crippen molar-refractivity contribution in [1.29, 1.82) is 0 Å². The normalized spacial score (nSPS) is 11.9. The van der Waals surface area contributed by atoms with E-state index in [1.807, 2.05) is 0 Å². The molecule has 1 aromatic carbocycles. The van der Waals surface area contributed by atoms with Crippen molar-refractivity contribution in [1.82, 2.24) is 9.78 Å². The summed E-state index contributed by atoms with van der Waals surface area (Å²) in [5, 5.41) is 14.4. The maximum atomic E-state index is 11.5. The lowest BCUT2D eigenvalue weighted by Gasteiger charge is -2.15. The van der Waals surface area contributed by atoms with Gasteiger partial charge in [-0.05, 0) is 28.0 Å². The Morgan fingerprint density at radius 1 is 1.43 bits per heavy atom. The molecule has 1 aromatic heterocycles. The fourth-order valence-corrected chi connectivity index (χ4v) is 3.58.